The number of imidazole rings is 1. The number of nitrogens with zero attached hydrogens (tertiary/aromatic N) is 2. The van der Waals surface area contributed by atoms with Crippen molar-refractivity contribution in [1.82, 2.24) is 9.55 Å². The van der Waals surface area contributed by atoms with Gasteiger partial charge in [-0.15, -0.1) is 0 Å². The number of aryl methyl sites for hydroxylation is 1. The Labute approximate surface area is 120 Å². The van der Waals surface area contributed by atoms with Crippen molar-refractivity contribution in [2.24, 2.45) is 0 Å². The molecular formula is C13H12Cl2N2O2. The Hall–Kier alpha value is -1.52. The molecule has 1 aromatic carbocycles. The van der Waals surface area contributed by atoms with Crippen LogP contribution in [0.5, 0.6) is 0 Å². The molecule has 1 heterocycles. The van der Waals surface area contributed by atoms with Gasteiger partial charge in [0, 0.05) is 10.0 Å². The maximum Gasteiger partial charge on any atom is 0.356 e. The van der Waals surface area contributed by atoms with Crippen LogP contribution in [0.1, 0.15) is 21.9 Å². The zero-order chi connectivity index (χ0) is 14.0. The van der Waals surface area contributed by atoms with Crippen LogP contribution in [0.2, 0.25) is 10.0 Å². The highest BCUT2D eigenvalue weighted by Crippen LogP contribution is 2.22. The van der Waals surface area contributed by atoms with Gasteiger partial charge in [0.2, 0.25) is 0 Å². The summed E-state index contributed by atoms with van der Waals surface area (Å²) in [6.07, 6.45) is 1.49. The molecule has 0 saturated carbocycles. The van der Waals surface area contributed by atoms with Crippen molar-refractivity contribution in [2.45, 2.75) is 13.5 Å². The zero-order valence-corrected chi connectivity index (χ0v) is 12.0. The molecule has 19 heavy (non-hydrogen) atoms. The van der Waals surface area contributed by atoms with Crippen molar-refractivity contribution in [1.29, 1.82) is 0 Å². The lowest BCUT2D eigenvalue weighted by Crippen LogP contribution is -2.12. The third-order valence-electron chi connectivity index (χ3n) is 2.79. The van der Waals surface area contributed by atoms with Crippen molar-refractivity contribution < 1.29 is 9.53 Å². The van der Waals surface area contributed by atoms with E-state index in [4.69, 9.17) is 27.9 Å². The molecule has 0 saturated heterocycles. The van der Waals surface area contributed by atoms with E-state index in [1.54, 1.807) is 16.7 Å². The molecule has 6 heteroatoms. The van der Waals surface area contributed by atoms with Gasteiger partial charge in [0.05, 0.1) is 19.9 Å². The third kappa shape index (κ3) is 2.91. The first kappa shape index (κ1) is 13.9. The van der Waals surface area contributed by atoms with E-state index >= 15 is 0 Å². The third-order valence-corrected chi connectivity index (χ3v) is 3.38. The van der Waals surface area contributed by atoms with Crippen molar-refractivity contribution in [3.63, 3.8) is 0 Å². The second-order valence-corrected chi connectivity index (χ2v) is 4.85. The quantitative estimate of drug-likeness (QED) is 0.817. The van der Waals surface area contributed by atoms with Crippen LogP contribution in [0.4, 0.5) is 0 Å². The molecule has 0 amide bonds. The van der Waals surface area contributed by atoms with Gasteiger partial charge in [-0.25, -0.2) is 9.78 Å². The first-order valence-electron chi connectivity index (χ1n) is 5.57. The highest BCUT2D eigenvalue weighted by molar-refractivity contribution is 6.35. The molecule has 0 spiro atoms. The van der Waals surface area contributed by atoms with E-state index in [9.17, 15) is 4.79 Å². The van der Waals surface area contributed by atoms with E-state index in [0.29, 0.717) is 28.1 Å². The predicted octanol–water partition coefficient (Wildman–Crippen LogP) is 3.33. The van der Waals surface area contributed by atoms with Crippen molar-refractivity contribution in [3.8, 4) is 0 Å². The highest BCUT2D eigenvalue weighted by Gasteiger charge is 2.16. The van der Waals surface area contributed by atoms with Crippen LogP contribution in [0, 0.1) is 6.92 Å². The van der Waals surface area contributed by atoms with E-state index in [2.05, 4.69) is 4.98 Å². The number of benzene rings is 1. The summed E-state index contributed by atoms with van der Waals surface area (Å²) in [7, 11) is 1.34. The van der Waals surface area contributed by atoms with Crippen molar-refractivity contribution in [3.05, 3.63) is 51.5 Å². The molecule has 0 atom stereocenters. The summed E-state index contributed by atoms with van der Waals surface area (Å²) in [5, 5.41) is 1.13. The number of ether oxygens (including phenoxy) is 1. The average Bonchev–Trinajstić information content (AvgIpc) is 2.73. The predicted molar refractivity (Wildman–Crippen MR) is 73.9 cm³/mol. The minimum Gasteiger partial charge on any atom is -0.464 e. The molecule has 1 aromatic heterocycles. The Morgan fingerprint density at radius 2 is 2.16 bits per heavy atom. The molecule has 4 nitrogen and oxygen atoms in total. The maximum atomic E-state index is 11.6. The standard InChI is InChI=1S/C13H12Cl2N2O2/c1-8-16-6-12(13(18)19-2)17(8)7-9-3-4-10(14)5-11(9)15/h3-6H,7H2,1-2H3. The van der Waals surface area contributed by atoms with Crippen LogP contribution in [-0.4, -0.2) is 22.6 Å². The van der Waals surface area contributed by atoms with Gasteiger partial charge in [0.15, 0.2) is 0 Å². The number of hydrogen-bond donors (Lipinski definition) is 0. The molecule has 0 aliphatic heterocycles. The molecule has 2 aromatic rings. The number of methoxy groups -OCH3 is 1. The van der Waals surface area contributed by atoms with E-state index in [-0.39, 0.29) is 0 Å². The molecule has 0 unspecified atom stereocenters. The fourth-order valence-electron chi connectivity index (χ4n) is 1.76. The van der Waals surface area contributed by atoms with Gasteiger partial charge in [0.1, 0.15) is 11.5 Å². The Kier molecular flexibility index (Phi) is 4.12. The van der Waals surface area contributed by atoms with Crippen molar-refractivity contribution >= 4 is 29.2 Å². The second-order valence-electron chi connectivity index (χ2n) is 4.00. The summed E-state index contributed by atoms with van der Waals surface area (Å²) < 4.78 is 6.47. The number of hydrogen-bond acceptors (Lipinski definition) is 3. The van der Waals surface area contributed by atoms with E-state index in [1.165, 1.54) is 13.3 Å². The monoisotopic (exact) mass is 298 g/mol. The van der Waals surface area contributed by atoms with Crippen LogP contribution in [-0.2, 0) is 11.3 Å². The molecular weight excluding hydrogens is 287 g/mol. The first-order valence-corrected chi connectivity index (χ1v) is 6.33. The topological polar surface area (TPSA) is 44.1 Å². The van der Waals surface area contributed by atoms with Crippen LogP contribution in [0.15, 0.2) is 24.4 Å². The number of halogens is 2. The minimum absolute atomic E-state index is 0.394. The highest BCUT2D eigenvalue weighted by atomic mass is 35.5. The van der Waals surface area contributed by atoms with Gasteiger partial charge in [0.25, 0.3) is 0 Å². The van der Waals surface area contributed by atoms with E-state index in [0.717, 1.165) is 5.56 Å². The molecule has 0 bridgehead atoms. The Morgan fingerprint density at radius 3 is 2.79 bits per heavy atom. The lowest BCUT2D eigenvalue weighted by Gasteiger charge is -2.10. The molecule has 100 valence electrons. The lowest BCUT2D eigenvalue weighted by atomic mass is 10.2. The smallest absolute Gasteiger partial charge is 0.356 e. The number of aromatic nitrogens is 2. The van der Waals surface area contributed by atoms with Crippen LogP contribution in [0.25, 0.3) is 0 Å². The molecule has 0 fully saturated rings. The second kappa shape index (κ2) is 5.63. The minimum atomic E-state index is -0.425. The summed E-state index contributed by atoms with van der Waals surface area (Å²) >= 11 is 12.0. The summed E-state index contributed by atoms with van der Waals surface area (Å²) in [6.45, 7) is 2.25. The number of esters is 1. The molecule has 0 N–H and O–H groups in total. The number of carbonyl (C=O) groups excluding carboxylic acids is 1. The van der Waals surface area contributed by atoms with Crippen LogP contribution >= 0.6 is 23.2 Å². The maximum absolute atomic E-state index is 11.6. The van der Waals surface area contributed by atoms with Gasteiger partial charge in [-0.2, -0.15) is 0 Å². The Morgan fingerprint density at radius 1 is 1.42 bits per heavy atom. The van der Waals surface area contributed by atoms with Gasteiger partial charge < -0.3 is 9.30 Å². The van der Waals surface area contributed by atoms with E-state index < -0.39 is 5.97 Å². The van der Waals surface area contributed by atoms with Crippen LogP contribution < -0.4 is 0 Å². The Bertz CT molecular complexity index is 623. The summed E-state index contributed by atoms with van der Waals surface area (Å²) in [5.74, 6) is 0.289. The zero-order valence-electron chi connectivity index (χ0n) is 10.5. The SMILES string of the molecule is COC(=O)c1cnc(C)n1Cc1ccc(Cl)cc1Cl. The Balaban J connectivity index is 2.38. The summed E-state index contributed by atoms with van der Waals surface area (Å²) in [5.41, 5.74) is 1.25. The lowest BCUT2D eigenvalue weighted by molar-refractivity contribution is 0.0588. The van der Waals surface area contributed by atoms with E-state index in [1.807, 2.05) is 13.0 Å². The van der Waals surface area contributed by atoms with Gasteiger partial charge in [-0.3, -0.25) is 0 Å². The molecule has 0 radical (unpaired) electrons. The molecule has 2 rings (SSSR count). The fourth-order valence-corrected chi connectivity index (χ4v) is 2.22. The number of rotatable bonds is 3. The fraction of sp³-hybridized carbons (Fsp3) is 0.231. The van der Waals surface area contributed by atoms with Crippen molar-refractivity contribution in [2.75, 3.05) is 7.11 Å². The van der Waals surface area contributed by atoms with Crippen LogP contribution in [0.3, 0.4) is 0 Å². The average molecular weight is 299 g/mol. The first-order chi connectivity index (χ1) is 9.02. The largest absolute Gasteiger partial charge is 0.464 e. The molecule has 0 aliphatic rings. The van der Waals surface area contributed by atoms with Gasteiger partial charge >= 0.3 is 5.97 Å². The normalized spacial score (nSPS) is 10.5. The summed E-state index contributed by atoms with van der Waals surface area (Å²) in [6, 6.07) is 5.25. The van der Waals surface area contributed by atoms with Gasteiger partial charge in [-0.05, 0) is 24.6 Å². The molecule has 0 aliphatic carbocycles. The van der Waals surface area contributed by atoms with Gasteiger partial charge in [-0.1, -0.05) is 29.3 Å². The number of carbonyl (C=O) groups is 1. The summed E-state index contributed by atoms with van der Waals surface area (Å²) in [4.78, 5) is 15.8.